The van der Waals surface area contributed by atoms with Crippen molar-refractivity contribution in [1.29, 1.82) is 0 Å². The molecule has 0 heterocycles. The predicted molar refractivity (Wildman–Crippen MR) is 109 cm³/mol. The van der Waals surface area contributed by atoms with E-state index in [1.54, 1.807) is 6.26 Å². The topological polar surface area (TPSA) is 214 Å². The molecule has 0 aliphatic rings. The summed E-state index contributed by atoms with van der Waals surface area (Å²) in [4.78, 5) is 59.1. The lowest BCUT2D eigenvalue weighted by molar-refractivity contribution is -0.141. The third-order valence-corrected chi connectivity index (χ3v) is 4.62. The van der Waals surface area contributed by atoms with Gasteiger partial charge in [0, 0.05) is 5.75 Å². The molecular formula is C15H27N5O7S2. The molecule has 0 aliphatic carbocycles. The fourth-order valence-electron chi connectivity index (χ4n) is 2.01. The summed E-state index contributed by atoms with van der Waals surface area (Å²) in [5.41, 5.74) is 10.5. The van der Waals surface area contributed by atoms with Gasteiger partial charge in [-0.1, -0.05) is 0 Å². The zero-order valence-electron chi connectivity index (χ0n) is 15.8. The van der Waals surface area contributed by atoms with Crippen LogP contribution < -0.4 is 27.4 Å². The summed E-state index contributed by atoms with van der Waals surface area (Å²) < 4.78 is 0. The number of carbonyl (C=O) groups is 5. The highest BCUT2D eigenvalue weighted by atomic mass is 32.2. The number of carbonyl (C=O) groups excluding carboxylic acids is 4. The third-order valence-electron chi connectivity index (χ3n) is 3.61. The summed E-state index contributed by atoms with van der Waals surface area (Å²) in [6.45, 7) is -0.685. The Kier molecular flexibility index (Phi) is 13.0. The van der Waals surface area contributed by atoms with Crippen LogP contribution in [0.15, 0.2) is 0 Å². The molecule has 166 valence electrons. The number of hydrogen-bond donors (Lipinski definition) is 8. The minimum atomic E-state index is -1.43. The number of aliphatic hydroxyl groups excluding tert-OH is 1. The van der Waals surface area contributed by atoms with Crippen LogP contribution in [-0.4, -0.2) is 88.3 Å². The minimum Gasteiger partial charge on any atom is -0.480 e. The summed E-state index contributed by atoms with van der Waals surface area (Å²) >= 11 is 5.25. The van der Waals surface area contributed by atoms with Crippen molar-refractivity contribution in [3.63, 3.8) is 0 Å². The van der Waals surface area contributed by atoms with Crippen molar-refractivity contribution < 1.29 is 34.2 Å². The Bertz CT molecular complexity index is 608. The number of hydrogen-bond acceptors (Lipinski definition) is 9. The number of thiol groups is 1. The molecular weight excluding hydrogens is 426 g/mol. The second kappa shape index (κ2) is 14.0. The number of nitrogens with two attached hydrogens (primary N) is 2. The Morgan fingerprint density at radius 2 is 1.52 bits per heavy atom. The summed E-state index contributed by atoms with van der Waals surface area (Å²) in [7, 11) is 0. The van der Waals surface area contributed by atoms with E-state index in [1.165, 1.54) is 11.8 Å². The van der Waals surface area contributed by atoms with Crippen molar-refractivity contribution in [2.24, 2.45) is 11.5 Å². The summed E-state index contributed by atoms with van der Waals surface area (Å²) in [5, 5.41) is 24.8. The highest BCUT2D eigenvalue weighted by Gasteiger charge is 2.30. The largest absolute Gasteiger partial charge is 0.480 e. The molecule has 4 atom stereocenters. The highest BCUT2D eigenvalue weighted by Crippen LogP contribution is 2.04. The van der Waals surface area contributed by atoms with Crippen molar-refractivity contribution in [1.82, 2.24) is 16.0 Å². The Labute approximate surface area is 177 Å². The molecule has 0 radical (unpaired) electrons. The molecule has 0 spiro atoms. The van der Waals surface area contributed by atoms with E-state index in [2.05, 4.69) is 28.6 Å². The molecule has 0 bridgehead atoms. The molecule has 29 heavy (non-hydrogen) atoms. The summed E-state index contributed by atoms with van der Waals surface area (Å²) in [6.07, 6.45) is 1.36. The van der Waals surface area contributed by atoms with E-state index in [-0.39, 0.29) is 12.2 Å². The van der Waals surface area contributed by atoms with Crippen LogP contribution >= 0.6 is 24.4 Å². The lowest BCUT2D eigenvalue weighted by Crippen LogP contribution is -2.58. The maximum absolute atomic E-state index is 12.5. The van der Waals surface area contributed by atoms with Gasteiger partial charge in [-0.05, 0) is 18.4 Å². The van der Waals surface area contributed by atoms with Crippen LogP contribution in [0, 0.1) is 0 Å². The number of rotatable bonds is 14. The van der Waals surface area contributed by atoms with E-state index >= 15 is 0 Å². The molecule has 0 aromatic carbocycles. The molecule has 0 aromatic heterocycles. The third kappa shape index (κ3) is 10.3. The Morgan fingerprint density at radius 1 is 1.00 bits per heavy atom. The molecule has 4 amide bonds. The van der Waals surface area contributed by atoms with Gasteiger partial charge in [0.15, 0.2) is 0 Å². The van der Waals surface area contributed by atoms with Crippen LogP contribution in [0.1, 0.15) is 12.8 Å². The number of carboxylic acid groups (broad SMARTS) is 1. The maximum atomic E-state index is 12.5. The average Bonchev–Trinajstić information content (AvgIpc) is 2.66. The van der Waals surface area contributed by atoms with Crippen LogP contribution in [0.25, 0.3) is 0 Å². The number of aliphatic hydroxyl groups is 1. The zero-order chi connectivity index (χ0) is 22.6. The van der Waals surface area contributed by atoms with Crippen LogP contribution in [0.4, 0.5) is 0 Å². The summed E-state index contributed by atoms with van der Waals surface area (Å²) in [6, 6.07) is -5.14. The van der Waals surface area contributed by atoms with E-state index in [0.29, 0.717) is 5.75 Å². The first kappa shape index (κ1) is 27.0. The zero-order valence-corrected chi connectivity index (χ0v) is 17.5. The van der Waals surface area contributed by atoms with Crippen LogP contribution in [0.3, 0.4) is 0 Å². The van der Waals surface area contributed by atoms with E-state index < -0.39 is 66.8 Å². The highest BCUT2D eigenvalue weighted by molar-refractivity contribution is 7.98. The van der Waals surface area contributed by atoms with Gasteiger partial charge in [0.05, 0.1) is 13.0 Å². The lowest BCUT2D eigenvalue weighted by Gasteiger charge is -2.24. The van der Waals surface area contributed by atoms with Crippen molar-refractivity contribution in [2.45, 2.75) is 37.0 Å². The number of carboxylic acids is 1. The van der Waals surface area contributed by atoms with Crippen LogP contribution in [-0.2, 0) is 24.0 Å². The van der Waals surface area contributed by atoms with E-state index in [1.807, 2.05) is 0 Å². The molecule has 0 rings (SSSR count). The molecule has 0 aromatic rings. The van der Waals surface area contributed by atoms with Gasteiger partial charge in [-0.2, -0.15) is 24.4 Å². The quantitative estimate of drug-likeness (QED) is 0.122. The SMILES string of the molecule is CSCCC(NC(=O)C(CC(N)=O)NC(=O)C(N)CO)C(=O)NC(CS)C(=O)O. The maximum Gasteiger partial charge on any atom is 0.327 e. The molecule has 0 saturated carbocycles. The number of amides is 4. The van der Waals surface area contributed by atoms with Gasteiger partial charge in [0.1, 0.15) is 24.2 Å². The van der Waals surface area contributed by atoms with Gasteiger partial charge in [0.2, 0.25) is 23.6 Å². The minimum absolute atomic E-state index is 0.158. The van der Waals surface area contributed by atoms with E-state index in [4.69, 9.17) is 21.7 Å². The fourth-order valence-corrected chi connectivity index (χ4v) is 2.73. The molecule has 4 unspecified atom stereocenters. The number of thioether (sulfide) groups is 1. The first-order valence-corrected chi connectivity index (χ1v) is 10.5. The van der Waals surface area contributed by atoms with Gasteiger partial charge >= 0.3 is 5.97 Å². The lowest BCUT2D eigenvalue weighted by atomic mass is 10.1. The monoisotopic (exact) mass is 453 g/mol. The normalized spacial score (nSPS) is 14.8. The van der Waals surface area contributed by atoms with Crippen LogP contribution in [0.2, 0.25) is 0 Å². The molecule has 0 fully saturated rings. The summed E-state index contributed by atoms with van der Waals surface area (Å²) in [5.74, 6) is -4.43. The van der Waals surface area contributed by atoms with Crippen molar-refractivity contribution in [2.75, 3.05) is 24.4 Å². The molecule has 12 nitrogen and oxygen atoms in total. The standard InChI is InChI=1S/C15H27N5O7S2/c1-29-3-2-8(13(24)20-10(6-28)15(26)27)18-14(25)9(4-11(17)22)19-12(23)7(16)5-21/h7-10,21,28H,2-6,16H2,1H3,(H2,17,22)(H,18,25)(H,19,23)(H,20,24)(H,26,27). The molecule has 9 N–H and O–H groups in total. The second-order valence-electron chi connectivity index (χ2n) is 5.95. The van der Waals surface area contributed by atoms with Gasteiger partial charge in [-0.15, -0.1) is 0 Å². The number of nitrogens with one attached hydrogen (secondary N) is 3. The molecule has 14 heteroatoms. The molecule has 0 saturated heterocycles. The van der Waals surface area contributed by atoms with Gasteiger partial charge in [0.25, 0.3) is 0 Å². The van der Waals surface area contributed by atoms with Crippen molar-refractivity contribution in [3.8, 4) is 0 Å². The van der Waals surface area contributed by atoms with Gasteiger partial charge in [-0.3, -0.25) is 19.2 Å². The Morgan fingerprint density at radius 3 is 1.97 bits per heavy atom. The predicted octanol–water partition coefficient (Wildman–Crippen LogP) is -3.60. The van der Waals surface area contributed by atoms with Gasteiger partial charge < -0.3 is 37.6 Å². The first-order chi connectivity index (χ1) is 13.6. The number of aliphatic carboxylic acids is 1. The van der Waals surface area contributed by atoms with E-state index in [9.17, 15) is 24.0 Å². The Balaban J connectivity index is 5.34. The van der Waals surface area contributed by atoms with Crippen molar-refractivity contribution in [3.05, 3.63) is 0 Å². The average molecular weight is 454 g/mol. The number of primary amides is 1. The van der Waals surface area contributed by atoms with Gasteiger partial charge in [-0.25, -0.2) is 4.79 Å². The smallest absolute Gasteiger partial charge is 0.327 e. The first-order valence-electron chi connectivity index (χ1n) is 8.45. The van der Waals surface area contributed by atoms with E-state index in [0.717, 1.165) is 0 Å². The fraction of sp³-hybridized carbons (Fsp3) is 0.667. The second-order valence-corrected chi connectivity index (χ2v) is 7.30. The Hall–Kier alpha value is -2.03. The van der Waals surface area contributed by atoms with Crippen LogP contribution in [0.5, 0.6) is 0 Å². The van der Waals surface area contributed by atoms with Crippen molar-refractivity contribution >= 4 is 54.0 Å². The molecule has 0 aliphatic heterocycles.